The van der Waals surface area contributed by atoms with Gasteiger partial charge < -0.3 is 36.3 Å². The second-order valence-corrected chi connectivity index (χ2v) is 8.95. The largest absolute Gasteiger partial charge is 0.506 e. The van der Waals surface area contributed by atoms with Crippen LogP contribution < -0.4 is 26.7 Å². The molecule has 1 atom stereocenters. The van der Waals surface area contributed by atoms with Crippen molar-refractivity contribution in [1.29, 1.82) is 0 Å². The number of nitrogens with two attached hydrogens (primary N) is 1. The lowest BCUT2D eigenvalue weighted by molar-refractivity contribution is 0.176. The smallest absolute Gasteiger partial charge is 0.248 e. The van der Waals surface area contributed by atoms with Gasteiger partial charge in [0.2, 0.25) is 5.56 Å². The summed E-state index contributed by atoms with van der Waals surface area (Å²) >= 11 is 0. The van der Waals surface area contributed by atoms with Crippen LogP contribution in [0.4, 0.5) is 11.4 Å². The van der Waals surface area contributed by atoms with Crippen molar-refractivity contribution < 1.29 is 14.9 Å². The summed E-state index contributed by atoms with van der Waals surface area (Å²) in [5.74, 6) is 0.832. The average Bonchev–Trinajstić information content (AvgIpc) is 2.91. The van der Waals surface area contributed by atoms with E-state index in [1.54, 1.807) is 12.1 Å². The first kappa shape index (κ1) is 26.2. The van der Waals surface area contributed by atoms with Gasteiger partial charge in [-0.25, -0.2) is 0 Å². The summed E-state index contributed by atoms with van der Waals surface area (Å²) in [5, 5.41) is 28.0. The molecule has 0 unspecified atom stereocenters. The fourth-order valence-corrected chi connectivity index (χ4v) is 4.12. The zero-order valence-corrected chi connectivity index (χ0v) is 20.7. The van der Waals surface area contributed by atoms with Crippen molar-refractivity contribution in [2.75, 3.05) is 31.6 Å². The fraction of sp³-hybridized carbons (Fsp3) is 0.276. The summed E-state index contributed by atoms with van der Waals surface area (Å²) in [4.78, 5) is 14.2. The van der Waals surface area contributed by atoms with Crippen LogP contribution in [-0.4, -0.2) is 41.4 Å². The van der Waals surface area contributed by atoms with Crippen molar-refractivity contribution in [1.82, 2.24) is 10.3 Å². The van der Waals surface area contributed by atoms with Gasteiger partial charge in [-0.2, -0.15) is 0 Å². The van der Waals surface area contributed by atoms with Crippen LogP contribution in [0.2, 0.25) is 0 Å². The second kappa shape index (κ2) is 12.9. The molecule has 8 heteroatoms. The molecule has 0 aliphatic heterocycles. The van der Waals surface area contributed by atoms with Crippen molar-refractivity contribution in [3.8, 4) is 11.5 Å². The van der Waals surface area contributed by atoms with Crippen molar-refractivity contribution in [3.05, 3.63) is 94.3 Å². The minimum absolute atomic E-state index is 0.0189. The van der Waals surface area contributed by atoms with Crippen molar-refractivity contribution in [2.45, 2.75) is 25.4 Å². The highest BCUT2D eigenvalue weighted by Crippen LogP contribution is 2.28. The number of phenolic OH excluding ortho intramolecular Hbond substituents is 1. The number of aromatic hydroxyl groups is 1. The molecule has 1 aromatic heterocycles. The number of nitrogens with one attached hydrogen (secondary N) is 3. The van der Waals surface area contributed by atoms with Crippen LogP contribution in [0.5, 0.6) is 11.5 Å². The topological polar surface area (TPSA) is 133 Å². The standard InChI is InChI=1S/C29H34N4O4/c30-16-1-2-18-37-23-9-7-22(8-10-23)32-21-5-3-20(4-6-21)15-17-31-19-27(35)24-11-13-26(34)29-25(24)12-14-28(36)33-29/h3-14,27,31-32,34-35H,1-2,15-19,30H2,(H,33,36)/t27-/m0/s1. The number of fused-ring (bicyclic) bond motifs is 1. The fourth-order valence-electron chi connectivity index (χ4n) is 4.12. The third-order valence-electron chi connectivity index (χ3n) is 6.16. The summed E-state index contributed by atoms with van der Waals surface area (Å²) in [5.41, 5.74) is 9.36. The van der Waals surface area contributed by atoms with Crippen LogP contribution in [0.25, 0.3) is 10.9 Å². The molecule has 4 rings (SSSR count). The van der Waals surface area contributed by atoms with E-state index in [0.29, 0.717) is 42.7 Å². The monoisotopic (exact) mass is 502 g/mol. The number of anilines is 2. The maximum atomic E-state index is 11.6. The number of aliphatic hydroxyl groups is 1. The van der Waals surface area contributed by atoms with E-state index in [0.717, 1.165) is 36.4 Å². The maximum Gasteiger partial charge on any atom is 0.248 e. The Bertz CT molecular complexity index is 1340. The average molecular weight is 503 g/mol. The van der Waals surface area contributed by atoms with Crippen LogP contribution in [0.15, 0.2) is 77.6 Å². The number of H-pyrrole nitrogens is 1. The molecule has 0 aliphatic rings. The molecule has 8 nitrogen and oxygen atoms in total. The van der Waals surface area contributed by atoms with Gasteiger partial charge in [-0.3, -0.25) is 4.79 Å². The molecular weight excluding hydrogens is 468 g/mol. The van der Waals surface area contributed by atoms with Gasteiger partial charge in [0, 0.05) is 29.4 Å². The maximum absolute atomic E-state index is 11.6. The molecule has 0 saturated heterocycles. The second-order valence-electron chi connectivity index (χ2n) is 8.95. The SMILES string of the molecule is NCCCCOc1ccc(Nc2ccc(CCNC[C@H](O)c3ccc(O)c4[nH]c(=O)ccc34)cc2)cc1. The van der Waals surface area contributed by atoms with E-state index in [4.69, 9.17) is 10.5 Å². The molecule has 194 valence electrons. The first-order valence-electron chi connectivity index (χ1n) is 12.6. The minimum atomic E-state index is -0.775. The van der Waals surface area contributed by atoms with E-state index < -0.39 is 6.10 Å². The Hall–Kier alpha value is -3.85. The highest BCUT2D eigenvalue weighted by molar-refractivity contribution is 5.87. The number of aromatic amines is 1. The highest BCUT2D eigenvalue weighted by Gasteiger charge is 2.13. The summed E-state index contributed by atoms with van der Waals surface area (Å²) in [7, 11) is 0. The summed E-state index contributed by atoms with van der Waals surface area (Å²) in [6, 6.07) is 22.3. The molecule has 0 bridgehead atoms. The van der Waals surface area contributed by atoms with E-state index in [1.807, 2.05) is 36.4 Å². The molecule has 0 saturated carbocycles. The molecule has 7 N–H and O–H groups in total. The number of aliphatic hydroxyl groups excluding tert-OH is 1. The molecule has 0 aliphatic carbocycles. The molecule has 0 fully saturated rings. The number of phenols is 1. The van der Waals surface area contributed by atoms with Crippen LogP contribution in [0.1, 0.15) is 30.1 Å². The molecule has 3 aromatic carbocycles. The number of unbranched alkanes of at least 4 members (excludes halogenated alkanes) is 1. The number of pyridine rings is 1. The lowest BCUT2D eigenvalue weighted by Gasteiger charge is -2.15. The van der Waals surface area contributed by atoms with E-state index in [1.165, 1.54) is 17.7 Å². The van der Waals surface area contributed by atoms with Crippen LogP contribution in [0.3, 0.4) is 0 Å². The zero-order valence-electron chi connectivity index (χ0n) is 20.7. The lowest BCUT2D eigenvalue weighted by atomic mass is 10.0. The predicted molar refractivity (Wildman–Crippen MR) is 148 cm³/mol. The Morgan fingerprint density at radius 1 is 0.919 bits per heavy atom. The Labute approximate surface area is 216 Å². The Morgan fingerprint density at radius 3 is 2.38 bits per heavy atom. The molecule has 1 heterocycles. The number of benzene rings is 3. The number of aromatic nitrogens is 1. The van der Waals surface area contributed by atoms with Gasteiger partial charge >= 0.3 is 0 Å². The molecule has 0 spiro atoms. The van der Waals surface area contributed by atoms with Gasteiger partial charge in [0.25, 0.3) is 0 Å². The number of ether oxygens (including phenoxy) is 1. The number of hydrogen-bond acceptors (Lipinski definition) is 7. The molecule has 4 aromatic rings. The zero-order chi connectivity index (χ0) is 26.0. The Morgan fingerprint density at radius 2 is 1.65 bits per heavy atom. The van der Waals surface area contributed by atoms with Crippen molar-refractivity contribution in [2.24, 2.45) is 5.73 Å². The lowest BCUT2D eigenvalue weighted by Crippen LogP contribution is -2.24. The van der Waals surface area contributed by atoms with Crippen LogP contribution in [-0.2, 0) is 6.42 Å². The summed E-state index contributed by atoms with van der Waals surface area (Å²) < 4.78 is 5.72. The Kier molecular flexibility index (Phi) is 9.15. The van der Waals surface area contributed by atoms with Crippen LogP contribution in [0, 0.1) is 0 Å². The van der Waals surface area contributed by atoms with Gasteiger partial charge in [-0.05, 0) is 92.0 Å². The van der Waals surface area contributed by atoms with Gasteiger partial charge in [-0.1, -0.05) is 18.2 Å². The van der Waals surface area contributed by atoms with Gasteiger partial charge in [-0.15, -0.1) is 0 Å². The Balaban J connectivity index is 1.23. The first-order valence-corrected chi connectivity index (χ1v) is 12.6. The van der Waals surface area contributed by atoms with Crippen molar-refractivity contribution in [3.63, 3.8) is 0 Å². The van der Waals surface area contributed by atoms with Gasteiger partial charge in [0.05, 0.1) is 18.2 Å². The van der Waals surface area contributed by atoms with Gasteiger partial charge in [0.15, 0.2) is 0 Å². The predicted octanol–water partition coefficient (Wildman–Crippen LogP) is 3.96. The highest BCUT2D eigenvalue weighted by atomic mass is 16.5. The first-order chi connectivity index (χ1) is 18.0. The third kappa shape index (κ3) is 7.33. The number of hydrogen-bond donors (Lipinski definition) is 6. The minimum Gasteiger partial charge on any atom is -0.506 e. The normalized spacial score (nSPS) is 11.9. The van der Waals surface area contributed by atoms with Gasteiger partial charge in [0.1, 0.15) is 11.5 Å². The molecular formula is C29H34N4O4. The van der Waals surface area contributed by atoms with Crippen LogP contribution >= 0.6 is 0 Å². The molecule has 37 heavy (non-hydrogen) atoms. The molecule has 0 radical (unpaired) electrons. The quantitative estimate of drug-likeness (QED) is 0.153. The van der Waals surface area contributed by atoms with E-state index in [-0.39, 0.29) is 11.3 Å². The van der Waals surface area contributed by atoms with Crippen molar-refractivity contribution >= 4 is 22.3 Å². The molecule has 0 amide bonds. The third-order valence-corrected chi connectivity index (χ3v) is 6.16. The van der Waals surface area contributed by atoms with E-state index >= 15 is 0 Å². The van der Waals surface area contributed by atoms with E-state index in [2.05, 4.69) is 27.8 Å². The summed E-state index contributed by atoms with van der Waals surface area (Å²) in [6.45, 7) is 2.41. The number of rotatable bonds is 13. The summed E-state index contributed by atoms with van der Waals surface area (Å²) in [6.07, 6.45) is 1.96. The van der Waals surface area contributed by atoms with E-state index in [9.17, 15) is 15.0 Å².